The van der Waals surface area contributed by atoms with Crippen LogP contribution in [0.25, 0.3) is 33.5 Å². The summed E-state index contributed by atoms with van der Waals surface area (Å²) in [5.74, 6) is -1.10. The Bertz CT molecular complexity index is 2570. The normalized spacial score (nSPS) is 22.0. The van der Waals surface area contributed by atoms with Crippen molar-refractivity contribution in [1.29, 1.82) is 0 Å². The molecule has 3 N–H and O–H groups in total. The fourth-order valence-electron chi connectivity index (χ4n) is 7.80. The standard InChI is InChI=1S/C45H50N6O8S/c1-7-28-24-45(28,43(54)50-60(55,56)32-21-22-32)49-40(52)34-23-31(25-51(34)42(53)38(44(4,5)6)46-29-13-9-8-10-14-29)58-41-37-36(33-15-11-12-16-35(33)59-37)47-39(48-41)27-17-19-30(20-18-27)57-26(2)3/h7-20,26,28,31-32,34,38,46H,1,21-25H2,2-6H3,(H,49,52)(H,50,54)/t28-,31-,34+,38-,45-/m1/s1. The molecular formula is C45H50N6O8S. The summed E-state index contributed by atoms with van der Waals surface area (Å²) in [4.78, 5) is 54.4. The molecule has 314 valence electrons. The van der Waals surface area contributed by atoms with Crippen LogP contribution in [-0.2, 0) is 24.4 Å². The zero-order valence-electron chi connectivity index (χ0n) is 34.3. The Kier molecular flexibility index (Phi) is 10.6. The van der Waals surface area contributed by atoms with E-state index in [0.29, 0.717) is 46.7 Å². The predicted octanol–water partition coefficient (Wildman–Crippen LogP) is 6.37. The van der Waals surface area contributed by atoms with E-state index in [2.05, 4.69) is 21.9 Å². The molecule has 0 radical (unpaired) electrons. The molecule has 2 aromatic heterocycles. The van der Waals surface area contributed by atoms with Crippen LogP contribution < -0.4 is 24.8 Å². The highest BCUT2D eigenvalue weighted by Gasteiger charge is 2.62. The van der Waals surface area contributed by atoms with E-state index < -0.39 is 62.1 Å². The van der Waals surface area contributed by atoms with Gasteiger partial charge in [0, 0.05) is 29.0 Å². The molecule has 1 saturated heterocycles. The summed E-state index contributed by atoms with van der Waals surface area (Å²) in [6, 6.07) is 22.4. The molecule has 0 unspecified atom stereocenters. The number of aromatic nitrogens is 2. The number of hydrogen-bond donors (Lipinski definition) is 3. The van der Waals surface area contributed by atoms with Gasteiger partial charge in [-0.3, -0.25) is 19.1 Å². The van der Waals surface area contributed by atoms with Crippen molar-refractivity contribution < 1.29 is 36.7 Å². The third-order valence-corrected chi connectivity index (χ3v) is 13.1. The zero-order chi connectivity index (χ0) is 42.6. The van der Waals surface area contributed by atoms with Gasteiger partial charge in [-0.2, -0.15) is 4.98 Å². The molecule has 60 heavy (non-hydrogen) atoms. The number of rotatable bonds is 14. The average Bonchev–Trinajstić information content (AvgIpc) is 4.12. The van der Waals surface area contributed by atoms with Crippen LogP contribution in [0.4, 0.5) is 5.69 Å². The number of likely N-dealkylation sites (tertiary alicyclic amines) is 1. The van der Waals surface area contributed by atoms with Gasteiger partial charge < -0.3 is 29.4 Å². The van der Waals surface area contributed by atoms with Crippen LogP contribution in [0.3, 0.4) is 0 Å². The molecule has 3 heterocycles. The average molecular weight is 835 g/mol. The number of carbonyl (C=O) groups is 3. The van der Waals surface area contributed by atoms with Crippen LogP contribution in [0.5, 0.6) is 11.6 Å². The number of amides is 3. The predicted molar refractivity (Wildman–Crippen MR) is 228 cm³/mol. The van der Waals surface area contributed by atoms with Gasteiger partial charge >= 0.3 is 0 Å². The minimum Gasteiger partial charge on any atom is -0.491 e. The highest BCUT2D eigenvalue weighted by atomic mass is 32.2. The van der Waals surface area contributed by atoms with Crippen molar-refractivity contribution in [2.75, 3.05) is 11.9 Å². The van der Waals surface area contributed by atoms with Crippen LogP contribution in [-0.4, -0.2) is 82.6 Å². The van der Waals surface area contributed by atoms with Crippen molar-refractivity contribution in [2.24, 2.45) is 11.3 Å². The van der Waals surface area contributed by atoms with Gasteiger partial charge in [0.05, 0.1) is 17.9 Å². The fourth-order valence-corrected chi connectivity index (χ4v) is 9.16. The fraction of sp³-hybridized carbons (Fsp3) is 0.400. The summed E-state index contributed by atoms with van der Waals surface area (Å²) in [6.07, 6.45) is 1.88. The van der Waals surface area contributed by atoms with E-state index in [1.807, 2.05) is 113 Å². The summed E-state index contributed by atoms with van der Waals surface area (Å²) in [7, 11) is -3.90. The van der Waals surface area contributed by atoms with Crippen molar-refractivity contribution in [3.63, 3.8) is 0 Å². The van der Waals surface area contributed by atoms with Crippen molar-refractivity contribution >= 4 is 55.5 Å². The Morgan fingerprint density at radius 3 is 2.33 bits per heavy atom. The SMILES string of the molecule is C=C[C@@H]1C[C@]1(NC(=O)[C@@H]1C[C@@H](Oc2nc(-c3ccc(OC(C)C)cc3)nc3c2oc2ccccc23)CN1C(=O)[C@@H](Nc1ccccc1)C(C)(C)C)C(=O)NS(=O)(=O)C1CC1. The minimum atomic E-state index is -3.90. The first-order valence-electron chi connectivity index (χ1n) is 20.3. The van der Waals surface area contributed by atoms with Gasteiger partial charge in [-0.1, -0.05) is 57.2 Å². The molecule has 3 fully saturated rings. The number of fused-ring (bicyclic) bond motifs is 3. The van der Waals surface area contributed by atoms with Gasteiger partial charge in [0.15, 0.2) is 5.82 Å². The van der Waals surface area contributed by atoms with Gasteiger partial charge in [-0.05, 0) is 87.1 Å². The van der Waals surface area contributed by atoms with Gasteiger partial charge in [0.1, 0.15) is 40.6 Å². The van der Waals surface area contributed by atoms with E-state index in [1.54, 1.807) is 0 Å². The third kappa shape index (κ3) is 8.14. The van der Waals surface area contributed by atoms with Gasteiger partial charge in [-0.15, -0.1) is 6.58 Å². The van der Waals surface area contributed by atoms with E-state index in [-0.39, 0.29) is 37.3 Å². The Hall–Kier alpha value is -5.96. The molecule has 2 saturated carbocycles. The monoisotopic (exact) mass is 834 g/mol. The molecule has 15 heteroatoms. The largest absolute Gasteiger partial charge is 0.491 e. The molecule has 1 aliphatic heterocycles. The van der Waals surface area contributed by atoms with Crippen LogP contribution in [0, 0.1) is 11.3 Å². The molecule has 3 amide bonds. The molecule has 0 spiro atoms. The molecule has 0 bridgehead atoms. The number of carbonyl (C=O) groups excluding carboxylic acids is 3. The van der Waals surface area contributed by atoms with Crippen LogP contribution in [0.1, 0.15) is 60.3 Å². The Labute approximate surface area is 349 Å². The number of furan rings is 1. The van der Waals surface area contributed by atoms with E-state index in [1.165, 1.54) is 11.0 Å². The number of ether oxygens (including phenoxy) is 2. The number of para-hydroxylation sites is 2. The first kappa shape index (κ1) is 40.8. The second-order valence-corrected chi connectivity index (χ2v) is 19.3. The van der Waals surface area contributed by atoms with E-state index in [9.17, 15) is 22.8 Å². The summed E-state index contributed by atoms with van der Waals surface area (Å²) >= 11 is 0. The van der Waals surface area contributed by atoms with Crippen LogP contribution in [0.15, 0.2) is 95.9 Å². The topological polar surface area (TPSA) is 182 Å². The molecule has 5 aromatic rings. The number of nitrogens with zero attached hydrogens (tertiary/aromatic N) is 3. The quantitative estimate of drug-likeness (QED) is 0.106. The molecule has 2 aliphatic carbocycles. The summed E-state index contributed by atoms with van der Waals surface area (Å²) < 4.78 is 46.7. The Morgan fingerprint density at radius 2 is 1.68 bits per heavy atom. The van der Waals surface area contributed by atoms with Crippen LogP contribution in [0.2, 0.25) is 0 Å². The number of sulfonamides is 1. The number of hydrogen-bond acceptors (Lipinski definition) is 11. The molecule has 3 aliphatic rings. The molecule has 5 atom stereocenters. The summed E-state index contributed by atoms with van der Waals surface area (Å²) in [6.45, 7) is 13.5. The minimum absolute atomic E-state index is 0.00356. The first-order chi connectivity index (χ1) is 28.6. The lowest BCUT2D eigenvalue weighted by molar-refractivity contribution is -0.141. The first-order valence-corrected chi connectivity index (χ1v) is 21.9. The number of benzene rings is 3. The lowest BCUT2D eigenvalue weighted by atomic mass is 9.85. The molecular weight excluding hydrogens is 785 g/mol. The van der Waals surface area contributed by atoms with Crippen molar-refractivity contribution in [3.8, 4) is 23.0 Å². The Balaban J connectivity index is 1.14. The maximum absolute atomic E-state index is 14.9. The van der Waals surface area contributed by atoms with E-state index in [4.69, 9.17) is 23.9 Å². The number of nitrogens with one attached hydrogen (secondary N) is 3. The maximum atomic E-state index is 14.9. The van der Waals surface area contributed by atoms with Crippen molar-refractivity contribution in [3.05, 3.63) is 91.5 Å². The second-order valence-electron chi connectivity index (χ2n) is 17.3. The Morgan fingerprint density at radius 1 is 0.983 bits per heavy atom. The van der Waals surface area contributed by atoms with Crippen molar-refractivity contribution in [1.82, 2.24) is 24.9 Å². The third-order valence-electron chi connectivity index (χ3n) is 11.2. The smallest absolute Gasteiger partial charge is 0.262 e. The highest BCUT2D eigenvalue weighted by molar-refractivity contribution is 7.91. The van der Waals surface area contributed by atoms with Gasteiger partial charge in [0.25, 0.3) is 11.8 Å². The summed E-state index contributed by atoms with van der Waals surface area (Å²) in [5, 5.41) is 6.38. The number of anilines is 1. The maximum Gasteiger partial charge on any atom is 0.262 e. The van der Waals surface area contributed by atoms with Gasteiger partial charge in [0.2, 0.25) is 27.4 Å². The molecule has 8 rings (SSSR count). The van der Waals surface area contributed by atoms with Gasteiger partial charge in [-0.25, -0.2) is 13.4 Å². The second kappa shape index (κ2) is 15.6. The molecule has 3 aromatic carbocycles. The zero-order valence-corrected chi connectivity index (χ0v) is 35.1. The van der Waals surface area contributed by atoms with Crippen molar-refractivity contribution in [2.45, 2.75) is 95.4 Å². The van der Waals surface area contributed by atoms with Crippen LogP contribution >= 0.6 is 0 Å². The van der Waals surface area contributed by atoms with E-state index in [0.717, 1.165) is 11.1 Å². The van der Waals surface area contributed by atoms with E-state index >= 15 is 0 Å². The molecule has 14 nitrogen and oxygen atoms in total. The lowest BCUT2D eigenvalue weighted by Crippen LogP contribution is -2.58. The lowest BCUT2D eigenvalue weighted by Gasteiger charge is -2.36. The summed E-state index contributed by atoms with van der Waals surface area (Å²) in [5.41, 5.74) is 0.693. The highest BCUT2D eigenvalue weighted by Crippen LogP contribution is 2.46.